The number of amides is 1. The third kappa shape index (κ3) is 3.77. The van der Waals surface area contributed by atoms with Crippen LogP contribution in [0, 0.1) is 5.92 Å². The van der Waals surface area contributed by atoms with E-state index in [1.807, 2.05) is 0 Å². The van der Waals surface area contributed by atoms with Crippen LogP contribution in [0.3, 0.4) is 0 Å². The van der Waals surface area contributed by atoms with Crippen molar-refractivity contribution >= 4 is 5.91 Å². The summed E-state index contributed by atoms with van der Waals surface area (Å²) in [4.78, 5) is 11.2. The normalized spacial score (nSPS) is 29.2. The summed E-state index contributed by atoms with van der Waals surface area (Å²) in [6.45, 7) is 3.90. The van der Waals surface area contributed by atoms with Crippen molar-refractivity contribution in [2.75, 3.05) is 0 Å². The molecular weight excluding hydrogens is 166 g/mol. The number of hydrogen-bond donors (Lipinski definition) is 2. The van der Waals surface area contributed by atoms with Gasteiger partial charge in [0.1, 0.15) is 0 Å². The molecule has 1 unspecified atom stereocenters. The van der Waals surface area contributed by atoms with Gasteiger partial charge in [-0.2, -0.15) is 0 Å². The number of aliphatic hydroxyl groups excluding tert-OH is 1. The molecule has 0 aromatic rings. The molecule has 0 aromatic carbocycles. The summed E-state index contributed by atoms with van der Waals surface area (Å²) in [6, 6.07) is 0.400. The van der Waals surface area contributed by atoms with Crippen molar-refractivity contribution in [2.24, 2.45) is 5.92 Å². The van der Waals surface area contributed by atoms with Crippen LogP contribution in [0.1, 0.15) is 39.5 Å². The Balaban J connectivity index is 2.05. The van der Waals surface area contributed by atoms with E-state index in [4.69, 9.17) is 5.11 Å². The maximum Gasteiger partial charge on any atom is 0.220 e. The lowest BCUT2D eigenvalue weighted by atomic mass is 9.82. The second-order valence-electron chi connectivity index (χ2n) is 4.23. The van der Waals surface area contributed by atoms with Crippen LogP contribution in [-0.2, 0) is 4.79 Å². The third-order valence-electron chi connectivity index (χ3n) is 2.53. The molecule has 0 bridgehead atoms. The first-order chi connectivity index (χ1) is 6.08. The molecule has 0 aliphatic heterocycles. The highest BCUT2D eigenvalue weighted by Gasteiger charge is 2.26. The van der Waals surface area contributed by atoms with Crippen LogP contribution in [0.2, 0.25) is 0 Å². The van der Waals surface area contributed by atoms with Crippen molar-refractivity contribution < 1.29 is 9.90 Å². The maximum atomic E-state index is 11.2. The minimum absolute atomic E-state index is 0.0813. The Morgan fingerprint density at radius 2 is 2.23 bits per heavy atom. The predicted octanol–water partition coefficient (Wildman–Crippen LogP) is 1.06. The molecule has 1 fully saturated rings. The van der Waals surface area contributed by atoms with Crippen LogP contribution >= 0.6 is 0 Å². The molecule has 76 valence electrons. The molecule has 1 saturated carbocycles. The van der Waals surface area contributed by atoms with Gasteiger partial charge in [0.25, 0.3) is 0 Å². The highest BCUT2D eigenvalue weighted by Crippen LogP contribution is 2.26. The van der Waals surface area contributed by atoms with Crippen molar-refractivity contribution in [3.05, 3.63) is 0 Å². The summed E-state index contributed by atoms with van der Waals surface area (Å²) < 4.78 is 0. The van der Waals surface area contributed by atoms with Crippen LogP contribution < -0.4 is 5.32 Å². The largest absolute Gasteiger partial charge is 0.393 e. The second-order valence-corrected chi connectivity index (χ2v) is 4.23. The van der Waals surface area contributed by atoms with E-state index in [0.717, 1.165) is 18.8 Å². The van der Waals surface area contributed by atoms with Gasteiger partial charge in [0, 0.05) is 12.5 Å². The van der Waals surface area contributed by atoms with E-state index < -0.39 is 0 Å². The molecule has 13 heavy (non-hydrogen) atoms. The minimum atomic E-state index is -0.369. The van der Waals surface area contributed by atoms with E-state index >= 15 is 0 Å². The van der Waals surface area contributed by atoms with Gasteiger partial charge in [0.2, 0.25) is 5.91 Å². The fraction of sp³-hybridized carbons (Fsp3) is 0.900. The lowest BCUT2D eigenvalue weighted by Crippen LogP contribution is -2.43. The van der Waals surface area contributed by atoms with Crippen LogP contribution in [0.4, 0.5) is 0 Å². The van der Waals surface area contributed by atoms with Crippen molar-refractivity contribution in [3.8, 4) is 0 Å². The first-order valence-corrected chi connectivity index (χ1v) is 5.05. The topological polar surface area (TPSA) is 49.3 Å². The minimum Gasteiger partial charge on any atom is -0.393 e. The molecule has 1 aliphatic carbocycles. The number of hydrogen-bond acceptors (Lipinski definition) is 2. The fourth-order valence-electron chi connectivity index (χ4n) is 1.66. The van der Waals surface area contributed by atoms with Crippen LogP contribution in [0.25, 0.3) is 0 Å². The van der Waals surface area contributed by atoms with E-state index in [-0.39, 0.29) is 12.0 Å². The van der Waals surface area contributed by atoms with Crippen LogP contribution in [0.5, 0.6) is 0 Å². The third-order valence-corrected chi connectivity index (χ3v) is 2.53. The first kappa shape index (κ1) is 10.5. The molecule has 0 aromatic heterocycles. The van der Waals surface area contributed by atoms with Gasteiger partial charge in [-0.1, -0.05) is 6.92 Å². The number of carbonyl (C=O) groups is 1. The molecule has 0 radical (unpaired) electrons. The molecule has 0 spiro atoms. The zero-order chi connectivity index (χ0) is 9.84. The molecular formula is C10H19NO2. The Labute approximate surface area is 79.5 Å². The fourth-order valence-corrected chi connectivity index (χ4v) is 1.66. The Kier molecular flexibility index (Phi) is 3.72. The lowest BCUT2D eigenvalue weighted by Gasteiger charge is -2.33. The van der Waals surface area contributed by atoms with E-state index in [9.17, 15) is 4.79 Å². The Morgan fingerprint density at radius 1 is 1.62 bits per heavy atom. The van der Waals surface area contributed by atoms with Gasteiger partial charge < -0.3 is 10.4 Å². The summed E-state index contributed by atoms with van der Waals surface area (Å²) in [7, 11) is 0. The Bertz CT molecular complexity index is 174. The van der Waals surface area contributed by atoms with Gasteiger partial charge in [-0.05, 0) is 32.1 Å². The molecule has 0 saturated heterocycles. The van der Waals surface area contributed by atoms with Gasteiger partial charge in [0.05, 0.1) is 6.10 Å². The van der Waals surface area contributed by atoms with Gasteiger partial charge in [-0.25, -0.2) is 0 Å². The van der Waals surface area contributed by atoms with E-state index in [1.165, 1.54) is 0 Å². The van der Waals surface area contributed by atoms with Gasteiger partial charge in [-0.3, -0.25) is 4.79 Å². The standard InChI is InChI=1S/C10H19NO2/c1-7-5-9(6-7)11-10(13)4-3-8(2)12/h7-9,12H,3-6H2,1-2H3,(H,11,13). The van der Waals surface area contributed by atoms with E-state index in [0.29, 0.717) is 18.9 Å². The molecule has 3 nitrogen and oxygen atoms in total. The van der Waals surface area contributed by atoms with Gasteiger partial charge in [0.15, 0.2) is 0 Å². The van der Waals surface area contributed by atoms with Gasteiger partial charge in [-0.15, -0.1) is 0 Å². The summed E-state index contributed by atoms with van der Waals surface area (Å²) in [5.41, 5.74) is 0. The molecule has 1 atom stereocenters. The highest BCUT2D eigenvalue weighted by molar-refractivity contribution is 5.76. The molecule has 2 N–H and O–H groups in total. The number of nitrogens with one attached hydrogen (secondary N) is 1. The zero-order valence-corrected chi connectivity index (χ0v) is 8.42. The monoisotopic (exact) mass is 185 g/mol. The van der Waals surface area contributed by atoms with Crippen molar-refractivity contribution in [2.45, 2.75) is 51.7 Å². The summed E-state index contributed by atoms with van der Waals surface area (Å²) >= 11 is 0. The molecule has 0 heterocycles. The quantitative estimate of drug-likeness (QED) is 0.688. The van der Waals surface area contributed by atoms with Crippen molar-refractivity contribution in [3.63, 3.8) is 0 Å². The van der Waals surface area contributed by atoms with Crippen molar-refractivity contribution in [1.82, 2.24) is 5.32 Å². The van der Waals surface area contributed by atoms with Crippen LogP contribution in [0.15, 0.2) is 0 Å². The lowest BCUT2D eigenvalue weighted by molar-refractivity contribution is -0.123. The van der Waals surface area contributed by atoms with Gasteiger partial charge >= 0.3 is 0 Å². The first-order valence-electron chi connectivity index (χ1n) is 5.05. The molecule has 1 rings (SSSR count). The average Bonchev–Trinajstić information content (AvgIpc) is 1.98. The Hall–Kier alpha value is -0.570. The predicted molar refractivity (Wildman–Crippen MR) is 51.2 cm³/mol. The number of carbonyl (C=O) groups excluding carboxylic acids is 1. The molecule has 3 heteroatoms. The Morgan fingerprint density at radius 3 is 2.69 bits per heavy atom. The number of rotatable bonds is 4. The van der Waals surface area contributed by atoms with Crippen molar-refractivity contribution in [1.29, 1.82) is 0 Å². The average molecular weight is 185 g/mol. The SMILES string of the molecule is CC(O)CCC(=O)NC1CC(C)C1. The smallest absolute Gasteiger partial charge is 0.220 e. The van der Waals surface area contributed by atoms with Crippen LogP contribution in [-0.4, -0.2) is 23.2 Å². The summed E-state index contributed by atoms with van der Waals surface area (Å²) in [5.74, 6) is 0.847. The highest BCUT2D eigenvalue weighted by atomic mass is 16.3. The summed E-state index contributed by atoms with van der Waals surface area (Å²) in [5, 5.41) is 11.9. The summed E-state index contributed by atoms with van der Waals surface area (Å²) in [6.07, 6.45) is 2.86. The maximum absolute atomic E-state index is 11.2. The van der Waals surface area contributed by atoms with E-state index in [2.05, 4.69) is 12.2 Å². The van der Waals surface area contributed by atoms with E-state index in [1.54, 1.807) is 6.92 Å². The zero-order valence-electron chi connectivity index (χ0n) is 8.42. The number of aliphatic hydroxyl groups is 1. The molecule has 1 aliphatic rings. The molecule has 1 amide bonds. The second kappa shape index (κ2) is 4.61.